The van der Waals surface area contributed by atoms with Crippen molar-refractivity contribution >= 4 is 0 Å². The van der Waals surface area contributed by atoms with Gasteiger partial charge in [-0.25, -0.2) is 0 Å². The number of nitrogens with zero attached hydrogens (tertiary/aromatic N) is 1. The van der Waals surface area contributed by atoms with Crippen molar-refractivity contribution in [3.8, 4) is 0 Å². The Morgan fingerprint density at radius 2 is 0.944 bits per heavy atom. The molecule has 0 aliphatic heterocycles. The summed E-state index contributed by atoms with van der Waals surface area (Å²) in [5.74, 6) is 0. The maximum absolute atomic E-state index is 8.58. The van der Waals surface area contributed by atoms with Gasteiger partial charge in [-0.05, 0) is 12.1 Å². The van der Waals surface area contributed by atoms with Crippen LogP contribution in [0.1, 0.15) is 0 Å². The number of rotatable bonds is 0. The molecule has 18 heavy (non-hydrogen) atoms. The van der Waals surface area contributed by atoms with Crippen LogP contribution in [0.5, 0.6) is 0 Å². The molecule has 0 aliphatic carbocycles. The molecular weight excluding hydrogens is 459 g/mol. The Kier molecular flexibility index (Phi) is 22.5. The molecule has 0 unspecified atom stereocenters. The first kappa shape index (κ1) is 27.6. The summed E-state index contributed by atoms with van der Waals surface area (Å²) in [6, 6.07) is 5.72. The first-order chi connectivity index (χ1) is 7.00. The van der Waals surface area contributed by atoms with E-state index in [9.17, 15) is 0 Å². The SMILES string of the molecule is [Ag+].[K+].[O]=[Mn](=[O])(=[O])[O-].[O]=[Mn](=[O])(=[O])[O-].c1ccncc1. The van der Waals surface area contributed by atoms with Crippen molar-refractivity contribution < 1.29 is 131 Å². The van der Waals surface area contributed by atoms with Crippen LogP contribution in [-0.2, 0) is 71.3 Å². The maximum atomic E-state index is 8.58. The van der Waals surface area contributed by atoms with Gasteiger partial charge in [0, 0.05) is 12.4 Å². The van der Waals surface area contributed by atoms with Gasteiger partial charge in [-0.15, -0.1) is 0 Å². The van der Waals surface area contributed by atoms with Gasteiger partial charge < -0.3 is 0 Å². The van der Waals surface area contributed by atoms with Gasteiger partial charge in [0.15, 0.2) is 0 Å². The number of pyridine rings is 1. The van der Waals surface area contributed by atoms with Gasteiger partial charge in [0.1, 0.15) is 0 Å². The Hall–Kier alpha value is 1.29. The molecule has 0 N–H and O–H groups in total. The number of hydrogen-bond acceptors (Lipinski definition) is 9. The Morgan fingerprint density at radius 1 is 0.722 bits per heavy atom. The van der Waals surface area contributed by atoms with Crippen molar-refractivity contribution in [2.24, 2.45) is 0 Å². The second-order valence-corrected chi connectivity index (χ2v) is 4.14. The minimum Gasteiger partial charge on any atom is -0.265 e. The second-order valence-electron chi connectivity index (χ2n) is 1.78. The summed E-state index contributed by atoms with van der Waals surface area (Å²) >= 11 is -11.2. The topological polar surface area (TPSA) is 161 Å². The van der Waals surface area contributed by atoms with E-state index in [1.165, 1.54) is 0 Å². The van der Waals surface area contributed by atoms with Gasteiger partial charge >= 0.3 is 131 Å². The van der Waals surface area contributed by atoms with E-state index in [4.69, 9.17) is 31.4 Å². The van der Waals surface area contributed by atoms with Crippen LogP contribution >= 0.6 is 0 Å². The van der Waals surface area contributed by atoms with E-state index in [2.05, 4.69) is 4.98 Å². The van der Waals surface area contributed by atoms with Gasteiger partial charge in [-0.2, -0.15) is 0 Å². The van der Waals surface area contributed by atoms with E-state index in [1.54, 1.807) is 12.4 Å². The molecule has 1 aromatic heterocycles. The summed E-state index contributed by atoms with van der Waals surface area (Å²) < 4.78 is 68.6. The molecule has 0 aliphatic rings. The van der Waals surface area contributed by atoms with Gasteiger partial charge in [0.05, 0.1) is 0 Å². The largest absolute Gasteiger partial charge is 0.265 e. The Bertz CT molecular complexity index is 491. The fraction of sp³-hybridized carbons (Fsp3) is 0. The third-order valence-corrected chi connectivity index (χ3v) is 0.566. The summed E-state index contributed by atoms with van der Waals surface area (Å²) in [4.78, 5) is 3.78. The normalized spacial score (nSPS) is 9.00. The fourth-order valence-corrected chi connectivity index (χ4v) is 0.313. The molecule has 0 amide bonds. The van der Waals surface area contributed by atoms with Crippen LogP contribution in [0.4, 0.5) is 0 Å². The number of hydrogen-bond donors (Lipinski definition) is 0. The Balaban J connectivity index is -0.0000000781. The van der Waals surface area contributed by atoms with Crippen LogP contribution in [0.3, 0.4) is 0 Å². The van der Waals surface area contributed by atoms with E-state index in [0.717, 1.165) is 0 Å². The maximum Gasteiger partial charge on any atom is 0.0267 e. The molecule has 0 spiro atoms. The fourth-order valence-electron chi connectivity index (χ4n) is 0.313. The van der Waals surface area contributed by atoms with Crippen molar-refractivity contribution in [2.45, 2.75) is 0 Å². The average molecular weight is 464 g/mol. The van der Waals surface area contributed by atoms with E-state index in [1.807, 2.05) is 18.2 Å². The molecule has 0 fully saturated rings. The zero-order valence-corrected chi connectivity index (χ0v) is 15.6. The van der Waals surface area contributed by atoms with E-state index in [-0.39, 0.29) is 73.8 Å². The molecule has 13 heteroatoms. The monoisotopic (exact) mass is 463 g/mol. The molecule has 1 rings (SSSR count). The predicted molar refractivity (Wildman–Crippen MR) is 28.4 cm³/mol. The average Bonchev–Trinajstić information content (AvgIpc) is 2.01. The second kappa shape index (κ2) is 14.7. The predicted octanol–water partition coefficient (Wildman–Crippen LogP) is -5.01. The minimum atomic E-state index is -5.62. The van der Waals surface area contributed by atoms with E-state index in [0.29, 0.717) is 0 Å². The summed E-state index contributed by atoms with van der Waals surface area (Å²) in [6.07, 6.45) is 3.50. The van der Waals surface area contributed by atoms with Crippen LogP contribution < -0.4 is 59.8 Å². The summed E-state index contributed by atoms with van der Waals surface area (Å²) in [6.45, 7) is 0. The van der Waals surface area contributed by atoms with Crippen LogP contribution in [0.25, 0.3) is 0 Å². The molecule has 0 saturated heterocycles. The van der Waals surface area contributed by atoms with Crippen LogP contribution in [0, 0.1) is 0 Å². The van der Waals surface area contributed by atoms with Crippen molar-refractivity contribution in [2.75, 3.05) is 0 Å². The van der Waals surface area contributed by atoms with Crippen LogP contribution in [0.2, 0.25) is 0 Å². The van der Waals surface area contributed by atoms with Crippen molar-refractivity contribution in [1.82, 2.24) is 4.98 Å². The molecule has 0 saturated carbocycles. The quantitative estimate of drug-likeness (QED) is 0.343. The molecule has 9 nitrogen and oxygen atoms in total. The molecule has 104 valence electrons. The van der Waals surface area contributed by atoms with Crippen LogP contribution in [0.15, 0.2) is 30.6 Å². The smallest absolute Gasteiger partial charge is 0.0267 e. The molecule has 0 atom stereocenters. The van der Waals surface area contributed by atoms with E-state index >= 15 is 0 Å². The van der Waals surface area contributed by atoms with E-state index < -0.39 is 25.9 Å². The molecular formula is C5H5AgKMn2NO8. The third kappa shape index (κ3) is 86.4. The molecule has 0 bridgehead atoms. The third-order valence-electron chi connectivity index (χ3n) is 0.566. The Labute approximate surface area is 164 Å². The number of aromatic nitrogens is 1. The standard InChI is InChI=1S/C5H5N.Ag.K.2Mn.8O/c1-2-4-6-5-3-1;;;;;;;;;;;;/h1-5H;;;;;;;;;;;;/q;2*+1;;;;;;;;;2*-1. The first-order valence-electron chi connectivity index (χ1n) is 3.08. The zero-order chi connectivity index (χ0) is 13.2. The Morgan fingerprint density at radius 3 is 1.00 bits per heavy atom. The molecule has 1 aromatic rings. The van der Waals surface area contributed by atoms with Crippen molar-refractivity contribution in [1.29, 1.82) is 0 Å². The zero-order valence-electron chi connectivity index (χ0n) is 8.66. The molecule has 1 heterocycles. The van der Waals surface area contributed by atoms with Gasteiger partial charge in [-0.3, -0.25) is 4.98 Å². The van der Waals surface area contributed by atoms with Crippen LogP contribution in [-0.4, -0.2) is 4.98 Å². The summed E-state index contributed by atoms with van der Waals surface area (Å²) in [7, 11) is 0. The molecule has 0 aromatic carbocycles. The van der Waals surface area contributed by atoms with Crippen molar-refractivity contribution in [3.05, 3.63) is 30.6 Å². The summed E-state index contributed by atoms with van der Waals surface area (Å²) in [5.41, 5.74) is 0. The first-order valence-corrected chi connectivity index (χ1v) is 6.94. The van der Waals surface area contributed by atoms with Gasteiger partial charge in [0.2, 0.25) is 0 Å². The van der Waals surface area contributed by atoms with Gasteiger partial charge in [0.25, 0.3) is 0 Å². The van der Waals surface area contributed by atoms with Crippen molar-refractivity contribution in [3.63, 3.8) is 0 Å². The minimum absolute atomic E-state index is 0. The van der Waals surface area contributed by atoms with Gasteiger partial charge in [-0.1, -0.05) is 6.07 Å². The summed E-state index contributed by atoms with van der Waals surface area (Å²) in [5, 5.41) is 0. The molecule has 0 radical (unpaired) electrons.